The lowest BCUT2D eigenvalue weighted by Gasteiger charge is -2.12. The summed E-state index contributed by atoms with van der Waals surface area (Å²) in [4.78, 5) is 23.4. The summed E-state index contributed by atoms with van der Waals surface area (Å²) in [6.45, 7) is 2.41. The molecule has 1 aromatic heterocycles. The molecule has 2 aromatic carbocycles. The second kappa shape index (κ2) is 9.55. The van der Waals surface area contributed by atoms with Crippen molar-refractivity contribution in [3.05, 3.63) is 76.1 Å². The van der Waals surface area contributed by atoms with E-state index in [9.17, 15) is 14.9 Å². The smallest absolute Gasteiger partial charge is 0.286 e. The average molecular weight is 410 g/mol. The lowest BCUT2D eigenvalue weighted by atomic mass is 10.1. The fourth-order valence-corrected chi connectivity index (χ4v) is 2.94. The molecule has 30 heavy (non-hydrogen) atoms. The van der Waals surface area contributed by atoms with Gasteiger partial charge in [0.15, 0.2) is 11.5 Å². The molecule has 9 heteroatoms. The number of carbonyl (C=O) groups excluding carboxylic acids is 1. The maximum atomic E-state index is 12.6. The van der Waals surface area contributed by atoms with E-state index in [1.54, 1.807) is 17.8 Å². The molecule has 9 nitrogen and oxygen atoms in total. The van der Waals surface area contributed by atoms with Crippen molar-refractivity contribution < 1.29 is 19.2 Å². The van der Waals surface area contributed by atoms with Crippen molar-refractivity contribution in [3.8, 4) is 17.2 Å². The number of amides is 1. The molecular weight excluding hydrogens is 388 g/mol. The Kier molecular flexibility index (Phi) is 6.63. The van der Waals surface area contributed by atoms with Crippen LogP contribution in [0.15, 0.2) is 54.9 Å². The van der Waals surface area contributed by atoms with E-state index >= 15 is 0 Å². The van der Waals surface area contributed by atoms with Crippen molar-refractivity contribution in [2.75, 3.05) is 20.3 Å². The molecule has 0 aliphatic rings. The van der Waals surface area contributed by atoms with Crippen LogP contribution in [0.25, 0.3) is 5.69 Å². The van der Waals surface area contributed by atoms with Crippen LogP contribution in [0.4, 0.5) is 5.69 Å². The average Bonchev–Trinajstić information content (AvgIpc) is 3.23. The highest BCUT2D eigenvalue weighted by atomic mass is 16.6. The molecule has 3 aromatic rings. The Balaban J connectivity index is 1.69. The van der Waals surface area contributed by atoms with Crippen LogP contribution in [0.3, 0.4) is 0 Å². The number of nitrogens with one attached hydrogen (secondary N) is 1. The normalized spacial score (nSPS) is 10.5. The number of hydrogen-bond acceptors (Lipinski definition) is 6. The number of nitro benzene ring substituents is 1. The van der Waals surface area contributed by atoms with E-state index in [-0.39, 0.29) is 22.7 Å². The first-order valence-corrected chi connectivity index (χ1v) is 9.40. The number of ether oxygens (including phenoxy) is 2. The summed E-state index contributed by atoms with van der Waals surface area (Å²) in [5, 5.41) is 18.5. The van der Waals surface area contributed by atoms with Gasteiger partial charge in [-0.15, -0.1) is 0 Å². The topological polar surface area (TPSA) is 109 Å². The minimum atomic E-state index is -0.614. The Morgan fingerprint density at radius 3 is 2.67 bits per heavy atom. The lowest BCUT2D eigenvalue weighted by molar-refractivity contribution is -0.385. The van der Waals surface area contributed by atoms with Gasteiger partial charge in [-0.3, -0.25) is 14.9 Å². The molecular formula is C21H22N4O5. The van der Waals surface area contributed by atoms with Gasteiger partial charge in [0.05, 0.1) is 36.6 Å². The molecule has 0 saturated heterocycles. The quantitative estimate of drug-likeness (QED) is 0.429. The van der Waals surface area contributed by atoms with Gasteiger partial charge in [-0.25, -0.2) is 4.68 Å². The Bertz CT molecular complexity index is 1030. The van der Waals surface area contributed by atoms with E-state index in [1.807, 2.05) is 36.5 Å². The van der Waals surface area contributed by atoms with Crippen molar-refractivity contribution in [2.24, 2.45) is 0 Å². The van der Waals surface area contributed by atoms with Crippen LogP contribution >= 0.6 is 0 Å². The fraction of sp³-hybridized carbons (Fsp3) is 0.238. The van der Waals surface area contributed by atoms with Crippen LogP contribution in [-0.2, 0) is 6.42 Å². The number of hydrogen-bond donors (Lipinski definition) is 1. The van der Waals surface area contributed by atoms with Gasteiger partial charge in [0.1, 0.15) is 5.56 Å². The largest absolute Gasteiger partial charge is 0.493 e. The third-order valence-corrected chi connectivity index (χ3v) is 4.38. The summed E-state index contributed by atoms with van der Waals surface area (Å²) in [5.74, 6) is -0.0749. The lowest BCUT2D eigenvalue weighted by Crippen LogP contribution is -2.26. The number of benzene rings is 2. The van der Waals surface area contributed by atoms with Gasteiger partial charge in [0.2, 0.25) is 0 Å². The third-order valence-electron chi connectivity index (χ3n) is 4.38. The minimum absolute atomic E-state index is 0.0794. The van der Waals surface area contributed by atoms with Crippen LogP contribution in [-0.4, -0.2) is 40.9 Å². The summed E-state index contributed by atoms with van der Waals surface area (Å²) in [6, 6.07) is 12.2. The maximum absolute atomic E-state index is 12.6. The minimum Gasteiger partial charge on any atom is -0.493 e. The van der Waals surface area contributed by atoms with Gasteiger partial charge in [0, 0.05) is 18.8 Å². The second-order valence-electron chi connectivity index (χ2n) is 6.34. The molecule has 0 saturated carbocycles. The molecule has 0 aliphatic heterocycles. The SMILES string of the molecule is CCOc1cc(C(=O)NCCc2cnn(-c3ccccc3)c2)c([N+](=O)[O-])cc1OC. The number of nitro groups is 1. The van der Waals surface area contributed by atoms with Gasteiger partial charge in [-0.2, -0.15) is 5.10 Å². The maximum Gasteiger partial charge on any atom is 0.286 e. The van der Waals surface area contributed by atoms with E-state index in [2.05, 4.69) is 10.4 Å². The first kappa shape index (κ1) is 20.8. The first-order chi connectivity index (χ1) is 14.5. The molecule has 0 radical (unpaired) electrons. The summed E-state index contributed by atoms with van der Waals surface area (Å²) in [6.07, 6.45) is 4.13. The van der Waals surface area contributed by atoms with Gasteiger partial charge in [-0.1, -0.05) is 18.2 Å². The number of aromatic nitrogens is 2. The Morgan fingerprint density at radius 1 is 1.23 bits per heavy atom. The van der Waals surface area contributed by atoms with Crippen LogP contribution in [0.1, 0.15) is 22.8 Å². The molecule has 0 spiro atoms. The van der Waals surface area contributed by atoms with Crippen LogP contribution in [0, 0.1) is 10.1 Å². The Hall–Kier alpha value is -3.88. The van der Waals surface area contributed by atoms with Crippen LogP contribution < -0.4 is 14.8 Å². The number of methoxy groups -OCH3 is 1. The van der Waals surface area contributed by atoms with E-state index in [4.69, 9.17) is 9.47 Å². The van der Waals surface area contributed by atoms with E-state index in [0.29, 0.717) is 19.6 Å². The second-order valence-corrected chi connectivity index (χ2v) is 6.34. The number of para-hydroxylation sites is 1. The monoisotopic (exact) mass is 410 g/mol. The molecule has 0 atom stereocenters. The van der Waals surface area contributed by atoms with Crippen molar-refractivity contribution in [1.29, 1.82) is 0 Å². The highest BCUT2D eigenvalue weighted by Crippen LogP contribution is 2.34. The zero-order chi connectivity index (χ0) is 21.5. The first-order valence-electron chi connectivity index (χ1n) is 9.40. The predicted molar refractivity (Wildman–Crippen MR) is 110 cm³/mol. The number of rotatable bonds is 9. The Labute approximate surface area is 173 Å². The molecule has 0 fully saturated rings. The number of nitrogens with zero attached hydrogens (tertiary/aromatic N) is 3. The summed E-state index contributed by atoms with van der Waals surface area (Å²) >= 11 is 0. The van der Waals surface area contributed by atoms with Crippen molar-refractivity contribution in [2.45, 2.75) is 13.3 Å². The highest BCUT2D eigenvalue weighted by molar-refractivity contribution is 5.99. The highest BCUT2D eigenvalue weighted by Gasteiger charge is 2.24. The Morgan fingerprint density at radius 2 is 2.00 bits per heavy atom. The zero-order valence-corrected chi connectivity index (χ0v) is 16.7. The summed E-state index contributed by atoms with van der Waals surface area (Å²) in [5.41, 5.74) is 1.44. The van der Waals surface area contributed by atoms with Gasteiger partial charge < -0.3 is 14.8 Å². The molecule has 0 aliphatic carbocycles. The molecule has 0 unspecified atom stereocenters. The predicted octanol–water partition coefficient (Wildman–Crippen LogP) is 3.16. The van der Waals surface area contributed by atoms with E-state index in [0.717, 1.165) is 11.3 Å². The van der Waals surface area contributed by atoms with Crippen LogP contribution in [0.5, 0.6) is 11.5 Å². The van der Waals surface area contributed by atoms with Crippen molar-refractivity contribution >= 4 is 11.6 Å². The zero-order valence-electron chi connectivity index (χ0n) is 16.7. The molecule has 1 heterocycles. The number of carbonyl (C=O) groups is 1. The molecule has 3 rings (SSSR count). The molecule has 156 valence electrons. The molecule has 1 amide bonds. The summed E-state index contributed by atoms with van der Waals surface area (Å²) < 4.78 is 12.3. The third kappa shape index (κ3) is 4.75. The van der Waals surface area contributed by atoms with Crippen molar-refractivity contribution in [1.82, 2.24) is 15.1 Å². The standard InChI is InChI=1S/C21H22N4O5/c1-3-30-20-11-17(18(25(27)28)12-19(20)29-2)21(26)22-10-9-15-13-23-24(14-15)16-7-5-4-6-8-16/h4-8,11-14H,3,9-10H2,1-2H3,(H,22,26). The van der Waals surface area contributed by atoms with E-state index < -0.39 is 10.8 Å². The fourth-order valence-electron chi connectivity index (χ4n) is 2.94. The van der Waals surface area contributed by atoms with Crippen molar-refractivity contribution in [3.63, 3.8) is 0 Å². The molecule has 1 N–H and O–H groups in total. The van der Waals surface area contributed by atoms with Gasteiger partial charge in [-0.05, 0) is 31.0 Å². The van der Waals surface area contributed by atoms with E-state index in [1.165, 1.54) is 19.2 Å². The molecule has 0 bridgehead atoms. The van der Waals surface area contributed by atoms with Crippen LogP contribution in [0.2, 0.25) is 0 Å². The summed E-state index contributed by atoms with van der Waals surface area (Å²) in [7, 11) is 1.39. The van der Waals surface area contributed by atoms with Gasteiger partial charge >= 0.3 is 0 Å². The van der Waals surface area contributed by atoms with Gasteiger partial charge in [0.25, 0.3) is 11.6 Å².